The Kier molecular flexibility index (Phi) is 3.30. The summed E-state index contributed by atoms with van der Waals surface area (Å²) in [5.41, 5.74) is 1.08. The quantitative estimate of drug-likeness (QED) is 0.797. The van der Waals surface area contributed by atoms with Crippen molar-refractivity contribution in [3.8, 4) is 0 Å². The Morgan fingerprint density at radius 2 is 2.00 bits per heavy atom. The predicted octanol–water partition coefficient (Wildman–Crippen LogP) is 1.81. The molecule has 108 valence electrons. The van der Waals surface area contributed by atoms with Gasteiger partial charge in [0.05, 0.1) is 11.4 Å². The van der Waals surface area contributed by atoms with E-state index >= 15 is 0 Å². The average Bonchev–Trinajstić information content (AvgIpc) is 2.88. The molecule has 0 spiro atoms. The molecule has 0 saturated heterocycles. The minimum absolute atomic E-state index is 0.121. The lowest BCUT2D eigenvalue weighted by Crippen LogP contribution is -2.16. The number of nitrogens with one attached hydrogen (secondary N) is 1. The van der Waals surface area contributed by atoms with Gasteiger partial charge in [0.1, 0.15) is 12.1 Å². The van der Waals surface area contributed by atoms with Crippen molar-refractivity contribution in [1.29, 1.82) is 0 Å². The molecule has 0 bridgehead atoms. The normalized spacial score (nSPS) is 11.7. The highest BCUT2D eigenvalue weighted by Gasteiger charge is 2.14. The zero-order valence-corrected chi connectivity index (χ0v) is 11.6. The van der Waals surface area contributed by atoms with E-state index in [2.05, 4.69) is 14.9 Å². The van der Waals surface area contributed by atoms with Crippen LogP contribution in [0.4, 0.5) is 10.1 Å². The highest BCUT2D eigenvalue weighted by molar-refractivity contribution is 7.91. The minimum Gasteiger partial charge on any atom is -0.287 e. The van der Waals surface area contributed by atoms with E-state index in [0.29, 0.717) is 11.3 Å². The minimum atomic E-state index is -3.71. The fraction of sp³-hybridized carbons (Fsp3) is 0.0769. The summed E-state index contributed by atoms with van der Waals surface area (Å²) in [4.78, 5) is 0. The molecule has 0 atom stereocenters. The fourth-order valence-corrected chi connectivity index (χ4v) is 3.12. The smallest absolute Gasteiger partial charge is 0.237 e. The number of hydrogen-bond acceptors (Lipinski definition) is 4. The van der Waals surface area contributed by atoms with Crippen LogP contribution in [0.15, 0.2) is 48.9 Å². The van der Waals surface area contributed by atoms with Crippen molar-refractivity contribution in [1.82, 2.24) is 14.6 Å². The third kappa shape index (κ3) is 3.00. The number of aromatic nitrogens is 3. The van der Waals surface area contributed by atoms with E-state index in [0.717, 1.165) is 0 Å². The Hall–Kier alpha value is -2.48. The molecule has 21 heavy (non-hydrogen) atoms. The Balaban J connectivity index is 1.84. The van der Waals surface area contributed by atoms with Crippen LogP contribution in [0, 0.1) is 5.82 Å². The molecule has 8 heteroatoms. The molecule has 0 aliphatic heterocycles. The molecule has 0 fully saturated rings. The van der Waals surface area contributed by atoms with E-state index in [1.54, 1.807) is 28.8 Å². The molecule has 6 nitrogen and oxygen atoms in total. The summed E-state index contributed by atoms with van der Waals surface area (Å²) in [7, 11) is -3.71. The lowest BCUT2D eigenvalue weighted by Gasteiger charge is -2.08. The molecular formula is C13H11FN4O2S. The van der Waals surface area contributed by atoms with E-state index in [1.807, 2.05) is 0 Å². The van der Waals surface area contributed by atoms with Gasteiger partial charge in [0.2, 0.25) is 10.0 Å². The molecule has 0 saturated carbocycles. The van der Waals surface area contributed by atoms with Gasteiger partial charge in [0.15, 0.2) is 5.65 Å². The number of nitrogens with zero attached hydrogens (tertiary/aromatic N) is 3. The standard InChI is InChI=1S/C13H11FN4O2S/c14-12-4-2-1-3-10(12)8-21(19,20)17-11-5-6-13-16-15-9-18(13)7-11/h1-7,9,17H,8H2. The number of anilines is 1. The van der Waals surface area contributed by atoms with Crippen molar-refractivity contribution >= 4 is 21.4 Å². The number of halogens is 1. The number of benzene rings is 1. The maximum absolute atomic E-state index is 13.5. The lowest BCUT2D eigenvalue weighted by atomic mass is 10.2. The van der Waals surface area contributed by atoms with Crippen LogP contribution in [0.25, 0.3) is 5.65 Å². The van der Waals surface area contributed by atoms with Crippen molar-refractivity contribution in [3.63, 3.8) is 0 Å². The van der Waals surface area contributed by atoms with Crippen LogP contribution in [0.5, 0.6) is 0 Å². The first kappa shape index (κ1) is 13.5. The van der Waals surface area contributed by atoms with E-state index < -0.39 is 21.6 Å². The number of hydrogen-bond donors (Lipinski definition) is 1. The summed E-state index contributed by atoms with van der Waals surface area (Å²) in [6.45, 7) is 0. The number of pyridine rings is 1. The number of rotatable bonds is 4. The Morgan fingerprint density at radius 1 is 1.19 bits per heavy atom. The second kappa shape index (κ2) is 5.13. The Morgan fingerprint density at radius 3 is 2.81 bits per heavy atom. The van der Waals surface area contributed by atoms with Crippen LogP contribution in [0.2, 0.25) is 0 Å². The van der Waals surface area contributed by atoms with Gasteiger partial charge < -0.3 is 0 Å². The van der Waals surface area contributed by atoms with Gasteiger partial charge in [0.25, 0.3) is 0 Å². The van der Waals surface area contributed by atoms with Crippen molar-refractivity contribution in [2.45, 2.75) is 5.75 Å². The van der Waals surface area contributed by atoms with Gasteiger partial charge in [0, 0.05) is 11.8 Å². The SMILES string of the molecule is O=S(=O)(Cc1ccccc1F)Nc1ccc2nncn2c1. The van der Waals surface area contributed by atoms with Crippen LogP contribution < -0.4 is 4.72 Å². The van der Waals surface area contributed by atoms with Crippen molar-refractivity contribution < 1.29 is 12.8 Å². The molecule has 3 aromatic rings. The molecule has 0 amide bonds. The number of fused-ring (bicyclic) bond motifs is 1. The van der Waals surface area contributed by atoms with Crippen LogP contribution in [0.3, 0.4) is 0 Å². The van der Waals surface area contributed by atoms with E-state index in [-0.39, 0.29) is 5.56 Å². The summed E-state index contributed by atoms with van der Waals surface area (Å²) < 4.78 is 41.7. The second-order valence-electron chi connectivity index (χ2n) is 4.47. The Labute approximate surface area is 120 Å². The molecule has 0 aliphatic rings. The largest absolute Gasteiger partial charge is 0.287 e. The molecule has 0 unspecified atom stereocenters. The van der Waals surface area contributed by atoms with Crippen LogP contribution in [0.1, 0.15) is 5.56 Å². The average molecular weight is 306 g/mol. The van der Waals surface area contributed by atoms with Gasteiger partial charge in [-0.25, -0.2) is 12.8 Å². The highest BCUT2D eigenvalue weighted by Crippen LogP contribution is 2.15. The topological polar surface area (TPSA) is 76.4 Å². The van der Waals surface area contributed by atoms with Crippen LogP contribution in [-0.4, -0.2) is 23.0 Å². The third-order valence-electron chi connectivity index (χ3n) is 2.87. The fourth-order valence-electron chi connectivity index (χ4n) is 1.92. The first-order chi connectivity index (χ1) is 10.0. The molecule has 0 radical (unpaired) electrons. The monoisotopic (exact) mass is 306 g/mol. The zero-order valence-electron chi connectivity index (χ0n) is 10.8. The molecule has 2 aromatic heterocycles. The van der Waals surface area contributed by atoms with Gasteiger partial charge >= 0.3 is 0 Å². The van der Waals surface area contributed by atoms with Gasteiger partial charge in [-0.1, -0.05) is 18.2 Å². The summed E-state index contributed by atoms with van der Waals surface area (Å²) >= 11 is 0. The van der Waals surface area contributed by atoms with Crippen molar-refractivity contribution in [2.24, 2.45) is 0 Å². The van der Waals surface area contributed by atoms with E-state index in [9.17, 15) is 12.8 Å². The van der Waals surface area contributed by atoms with E-state index in [4.69, 9.17) is 0 Å². The molecular weight excluding hydrogens is 295 g/mol. The summed E-state index contributed by atoms with van der Waals surface area (Å²) in [6, 6.07) is 8.98. The van der Waals surface area contributed by atoms with Crippen molar-refractivity contribution in [2.75, 3.05) is 4.72 Å². The second-order valence-corrected chi connectivity index (χ2v) is 6.19. The lowest BCUT2D eigenvalue weighted by molar-refractivity contribution is 0.591. The van der Waals surface area contributed by atoms with Gasteiger partial charge in [-0.05, 0) is 18.2 Å². The highest BCUT2D eigenvalue weighted by atomic mass is 32.2. The molecule has 0 aliphatic carbocycles. The molecule has 1 aromatic carbocycles. The maximum Gasteiger partial charge on any atom is 0.237 e. The Bertz CT molecular complexity index is 892. The van der Waals surface area contributed by atoms with Gasteiger partial charge in [-0.3, -0.25) is 9.12 Å². The first-order valence-electron chi connectivity index (χ1n) is 6.07. The summed E-state index contributed by atoms with van der Waals surface area (Å²) in [5, 5.41) is 7.53. The third-order valence-corrected chi connectivity index (χ3v) is 4.11. The molecule has 3 rings (SSSR count). The van der Waals surface area contributed by atoms with E-state index in [1.165, 1.54) is 24.5 Å². The molecule has 2 heterocycles. The summed E-state index contributed by atoms with van der Waals surface area (Å²) in [5.74, 6) is -0.975. The van der Waals surface area contributed by atoms with Crippen LogP contribution in [-0.2, 0) is 15.8 Å². The first-order valence-corrected chi connectivity index (χ1v) is 7.72. The summed E-state index contributed by atoms with van der Waals surface area (Å²) in [6.07, 6.45) is 3.01. The predicted molar refractivity (Wildman–Crippen MR) is 75.6 cm³/mol. The molecule has 1 N–H and O–H groups in total. The van der Waals surface area contributed by atoms with Gasteiger partial charge in [-0.15, -0.1) is 10.2 Å². The zero-order chi connectivity index (χ0) is 14.9. The number of sulfonamides is 1. The van der Waals surface area contributed by atoms with Crippen LogP contribution >= 0.6 is 0 Å². The van der Waals surface area contributed by atoms with Gasteiger partial charge in [-0.2, -0.15) is 0 Å². The maximum atomic E-state index is 13.5. The van der Waals surface area contributed by atoms with Crippen molar-refractivity contribution in [3.05, 3.63) is 60.3 Å².